The lowest BCUT2D eigenvalue weighted by atomic mass is 10.1. The highest BCUT2D eigenvalue weighted by molar-refractivity contribution is 6.47. The van der Waals surface area contributed by atoms with Gasteiger partial charge in [-0.15, -0.1) is 0 Å². The van der Waals surface area contributed by atoms with E-state index in [9.17, 15) is 9.59 Å². The second-order valence-corrected chi connectivity index (χ2v) is 5.91. The van der Waals surface area contributed by atoms with Gasteiger partial charge in [-0.1, -0.05) is 72.3 Å². The van der Waals surface area contributed by atoms with Crippen LogP contribution >= 0.6 is 11.6 Å². The molecule has 1 N–H and O–H groups in total. The first-order valence-electron chi connectivity index (χ1n) is 7.74. The number of rotatable bonds is 6. The molecule has 0 bridgehead atoms. The number of carbonyl (C=O) groups is 2. The largest absolute Gasteiger partial charge is 0.379 e. The standard InChI is InChI=1S/C19H17ClN2O2/c20-16-17(21-12-11-14-7-3-1-4-8-14)19(24)22(18(16)23)13-15-9-5-2-6-10-15/h1-10,21H,11-13H2. The predicted octanol–water partition coefficient (Wildman–Crippen LogP) is 2.84. The Morgan fingerprint density at radius 3 is 2.04 bits per heavy atom. The summed E-state index contributed by atoms with van der Waals surface area (Å²) in [5, 5.41) is 2.97. The van der Waals surface area contributed by atoms with Crippen molar-refractivity contribution >= 4 is 23.4 Å². The van der Waals surface area contributed by atoms with E-state index in [1.54, 1.807) is 0 Å². The molecule has 0 spiro atoms. The van der Waals surface area contributed by atoms with Crippen LogP contribution in [0.2, 0.25) is 0 Å². The first-order chi connectivity index (χ1) is 11.7. The Balaban J connectivity index is 1.63. The minimum Gasteiger partial charge on any atom is -0.379 e. The third-order valence-corrected chi connectivity index (χ3v) is 4.20. The molecule has 0 unspecified atom stereocenters. The fourth-order valence-electron chi connectivity index (χ4n) is 2.59. The summed E-state index contributed by atoms with van der Waals surface area (Å²) in [5.41, 5.74) is 2.22. The smallest absolute Gasteiger partial charge is 0.278 e. The van der Waals surface area contributed by atoms with Gasteiger partial charge in [-0.2, -0.15) is 0 Å². The molecule has 1 heterocycles. The molecule has 2 aromatic rings. The SMILES string of the molecule is O=C1C(Cl)=C(NCCc2ccccc2)C(=O)N1Cc1ccccc1. The number of benzene rings is 2. The van der Waals surface area contributed by atoms with E-state index < -0.39 is 5.91 Å². The molecule has 4 nitrogen and oxygen atoms in total. The first-order valence-corrected chi connectivity index (χ1v) is 8.12. The Hall–Kier alpha value is -2.59. The lowest BCUT2D eigenvalue weighted by molar-refractivity contribution is -0.138. The fraction of sp³-hybridized carbons (Fsp3) is 0.158. The molecule has 0 aromatic heterocycles. The maximum Gasteiger partial charge on any atom is 0.278 e. The van der Waals surface area contributed by atoms with E-state index in [1.807, 2.05) is 60.7 Å². The third-order valence-electron chi connectivity index (χ3n) is 3.85. The molecule has 0 saturated heterocycles. The molecular weight excluding hydrogens is 324 g/mol. The van der Waals surface area contributed by atoms with Crippen LogP contribution in [0.4, 0.5) is 0 Å². The lowest BCUT2D eigenvalue weighted by Crippen LogP contribution is -2.33. The third kappa shape index (κ3) is 3.49. The average Bonchev–Trinajstić information content (AvgIpc) is 2.81. The first kappa shape index (κ1) is 16.3. The maximum atomic E-state index is 12.5. The van der Waals surface area contributed by atoms with Crippen LogP contribution in [0.3, 0.4) is 0 Å². The summed E-state index contributed by atoms with van der Waals surface area (Å²) in [6, 6.07) is 19.3. The van der Waals surface area contributed by atoms with Crippen molar-refractivity contribution in [2.45, 2.75) is 13.0 Å². The van der Waals surface area contributed by atoms with Crippen molar-refractivity contribution in [3.8, 4) is 0 Å². The predicted molar refractivity (Wildman–Crippen MR) is 93.0 cm³/mol. The molecule has 2 amide bonds. The molecule has 2 aromatic carbocycles. The van der Waals surface area contributed by atoms with E-state index >= 15 is 0 Å². The number of nitrogens with one attached hydrogen (secondary N) is 1. The molecule has 0 fully saturated rings. The van der Waals surface area contributed by atoms with Crippen molar-refractivity contribution in [2.24, 2.45) is 0 Å². The monoisotopic (exact) mass is 340 g/mol. The Kier molecular flexibility index (Phi) is 4.96. The second kappa shape index (κ2) is 7.32. The van der Waals surface area contributed by atoms with Crippen LogP contribution in [-0.4, -0.2) is 23.3 Å². The van der Waals surface area contributed by atoms with Crippen LogP contribution in [0.25, 0.3) is 0 Å². The Morgan fingerprint density at radius 2 is 1.42 bits per heavy atom. The molecule has 0 saturated carbocycles. The van der Waals surface area contributed by atoms with E-state index in [0.29, 0.717) is 6.54 Å². The molecule has 0 aliphatic carbocycles. The molecule has 3 rings (SSSR count). The van der Waals surface area contributed by atoms with Crippen LogP contribution in [0, 0.1) is 0 Å². The zero-order valence-corrected chi connectivity index (χ0v) is 13.8. The average molecular weight is 341 g/mol. The molecule has 122 valence electrons. The second-order valence-electron chi connectivity index (χ2n) is 5.53. The molecule has 1 aliphatic heterocycles. The van der Waals surface area contributed by atoms with Gasteiger partial charge in [-0.05, 0) is 17.5 Å². The normalized spacial score (nSPS) is 14.5. The summed E-state index contributed by atoms with van der Waals surface area (Å²) in [6.07, 6.45) is 0.745. The quantitative estimate of drug-likeness (QED) is 0.823. The molecule has 1 aliphatic rings. The number of halogens is 1. The number of carbonyl (C=O) groups excluding carboxylic acids is 2. The van der Waals surface area contributed by atoms with E-state index in [-0.39, 0.29) is 23.2 Å². The number of hydrogen-bond donors (Lipinski definition) is 1. The molecule has 24 heavy (non-hydrogen) atoms. The number of hydrogen-bond acceptors (Lipinski definition) is 3. The van der Waals surface area contributed by atoms with Gasteiger partial charge in [0.15, 0.2) is 0 Å². The Morgan fingerprint density at radius 1 is 0.833 bits per heavy atom. The number of imide groups is 1. The Labute approximate surface area is 145 Å². The molecule has 0 atom stereocenters. The highest BCUT2D eigenvalue weighted by Crippen LogP contribution is 2.24. The highest BCUT2D eigenvalue weighted by atomic mass is 35.5. The van der Waals surface area contributed by atoms with Gasteiger partial charge in [-0.3, -0.25) is 14.5 Å². The maximum absolute atomic E-state index is 12.5. The minimum atomic E-state index is -0.451. The van der Waals surface area contributed by atoms with Crippen molar-refractivity contribution in [1.29, 1.82) is 0 Å². The van der Waals surface area contributed by atoms with Crippen LogP contribution in [0.5, 0.6) is 0 Å². The summed E-state index contributed by atoms with van der Waals surface area (Å²) in [4.78, 5) is 25.9. The van der Waals surface area contributed by atoms with Gasteiger partial charge in [0, 0.05) is 6.54 Å². The Bertz CT molecular complexity index is 772. The summed E-state index contributed by atoms with van der Waals surface area (Å²) in [6.45, 7) is 0.756. The van der Waals surface area contributed by atoms with Gasteiger partial charge < -0.3 is 5.32 Å². The van der Waals surface area contributed by atoms with Crippen LogP contribution in [0.1, 0.15) is 11.1 Å². The molecular formula is C19H17ClN2O2. The van der Waals surface area contributed by atoms with E-state index in [0.717, 1.165) is 17.5 Å². The summed E-state index contributed by atoms with van der Waals surface area (Å²) < 4.78 is 0. The summed E-state index contributed by atoms with van der Waals surface area (Å²) >= 11 is 6.07. The zero-order chi connectivity index (χ0) is 16.9. The van der Waals surface area contributed by atoms with Crippen LogP contribution < -0.4 is 5.32 Å². The number of amides is 2. The van der Waals surface area contributed by atoms with Gasteiger partial charge in [0.25, 0.3) is 11.8 Å². The van der Waals surface area contributed by atoms with Crippen molar-refractivity contribution in [2.75, 3.05) is 6.54 Å². The topological polar surface area (TPSA) is 49.4 Å². The minimum absolute atomic E-state index is 0.0380. The van der Waals surface area contributed by atoms with Gasteiger partial charge in [0.2, 0.25) is 0 Å². The van der Waals surface area contributed by atoms with Crippen LogP contribution in [-0.2, 0) is 22.6 Å². The van der Waals surface area contributed by atoms with Gasteiger partial charge in [0.1, 0.15) is 10.7 Å². The van der Waals surface area contributed by atoms with Crippen molar-refractivity contribution in [3.05, 3.63) is 82.5 Å². The lowest BCUT2D eigenvalue weighted by Gasteiger charge is -2.15. The van der Waals surface area contributed by atoms with Gasteiger partial charge >= 0.3 is 0 Å². The van der Waals surface area contributed by atoms with E-state index in [1.165, 1.54) is 4.90 Å². The fourth-order valence-corrected chi connectivity index (χ4v) is 2.84. The van der Waals surface area contributed by atoms with Crippen molar-refractivity contribution in [3.63, 3.8) is 0 Å². The highest BCUT2D eigenvalue weighted by Gasteiger charge is 2.37. The summed E-state index contributed by atoms with van der Waals surface area (Å²) in [7, 11) is 0. The van der Waals surface area contributed by atoms with E-state index in [2.05, 4.69) is 5.32 Å². The number of nitrogens with zero attached hydrogens (tertiary/aromatic N) is 1. The van der Waals surface area contributed by atoms with E-state index in [4.69, 9.17) is 11.6 Å². The summed E-state index contributed by atoms with van der Waals surface area (Å²) in [5.74, 6) is -0.824. The van der Waals surface area contributed by atoms with Crippen molar-refractivity contribution in [1.82, 2.24) is 10.2 Å². The van der Waals surface area contributed by atoms with Gasteiger partial charge in [-0.25, -0.2) is 0 Å². The molecule has 5 heteroatoms. The molecule has 0 radical (unpaired) electrons. The van der Waals surface area contributed by atoms with Crippen molar-refractivity contribution < 1.29 is 9.59 Å². The van der Waals surface area contributed by atoms with Crippen LogP contribution in [0.15, 0.2) is 71.4 Å². The van der Waals surface area contributed by atoms with Gasteiger partial charge in [0.05, 0.1) is 6.54 Å². The zero-order valence-electron chi connectivity index (χ0n) is 13.0.